The van der Waals surface area contributed by atoms with Crippen LogP contribution in [0.25, 0.3) is 16.7 Å². The van der Waals surface area contributed by atoms with Crippen LogP contribution in [0.15, 0.2) is 24.3 Å². The van der Waals surface area contributed by atoms with Crippen LogP contribution in [0.4, 0.5) is 5.82 Å². The van der Waals surface area contributed by atoms with Gasteiger partial charge in [-0.3, -0.25) is 4.40 Å². The molecular formula is C24H29ClN4O2. The summed E-state index contributed by atoms with van der Waals surface area (Å²) in [4.78, 5) is 7.40. The number of para-hydroxylation sites is 2. The highest BCUT2D eigenvalue weighted by Crippen LogP contribution is 2.40. The zero-order chi connectivity index (χ0) is 20.7. The molecule has 0 N–H and O–H groups in total. The summed E-state index contributed by atoms with van der Waals surface area (Å²) in [6.45, 7) is 5.59. The molecule has 164 valence electrons. The van der Waals surface area contributed by atoms with Gasteiger partial charge in [-0.15, -0.1) is 12.4 Å². The Morgan fingerprint density at radius 3 is 2.52 bits per heavy atom. The molecule has 0 radical (unpaired) electrons. The monoisotopic (exact) mass is 440 g/mol. The molecule has 2 aliphatic rings. The molecule has 1 aromatic carbocycles. The average molecular weight is 441 g/mol. The molecule has 0 atom stereocenters. The number of halogens is 1. The number of anilines is 1. The number of piperidine rings is 1. The summed E-state index contributed by atoms with van der Waals surface area (Å²) in [6, 6.07) is 10.7. The standard InChI is InChI=1S/C24H28N4O2.ClH/c1-16-22(17-9-13-30-14-10-17)19(15-25)23-26-20-5-3-4-6-21(20)28(23)24(16)27-11-7-18(29-2)8-12-27;/h3-6,17-18H,7-14H2,1-2H3;1H. The first kappa shape index (κ1) is 21.9. The maximum absolute atomic E-state index is 10.2. The van der Waals surface area contributed by atoms with Gasteiger partial charge in [0.2, 0.25) is 0 Å². The Morgan fingerprint density at radius 2 is 1.84 bits per heavy atom. The van der Waals surface area contributed by atoms with Gasteiger partial charge in [0.1, 0.15) is 11.9 Å². The highest BCUT2D eigenvalue weighted by molar-refractivity contribution is 5.86. The van der Waals surface area contributed by atoms with E-state index in [2.05, 4.69) is 28.4 Å². The third kappa shape index (κ3) is 3.65. The number of rotatable bonds is 3. The van der Waals surface area contributed by atoms with Gasteiger partial charge in [0.25, 0.3) is 0 Å². The molecule has 2 aromatic heterocycles. The molecule has 3 aromatic rings. The van der Waals surface area contributed by atoms with Crippen molar-refractivity contribution in [1.29, 1.82) is 5.26 Å². The third-order valence-corrected chi connectivity index (χ3v) is 6.82. The number of methoxy groups -OCH3 is 1. The molecule has 2 fully saturated rings. The number of benzene rings is 1. The van der Waals surface area contributed by atoms with Crippen LogP contribution in [0.3, 0.4) is 0 Å². The summed E-state index contributed by atoms with van der Waals surface area (Å²) < 4.78 is 13.4. The molecule has 0 bridgehead atoms. The summed E-state index contributed by atoms with van der Waals surface area (Å²) in [5, 5.41) is 10.2. The largest absolute Gasteiger partial charge is 0.381 e. The van der Waals surface area contributed by atoms with E-state index in [0.29, 0.717) is 12.0 Å². The van der Waals surface area contributed by atoms with Crippen LogP contribution in [0.1, 0.15) is 48.3 Å². The zero-order valence-corrected chi connectivity index (χ0v) is 19.0. The quantitative estimate of drug-likeness (QED) is 0.595. The third-order valence-electron chi connectivity index (χ3n) is 6.82. The summed E-state index contributed by atoms with van der Waals surface area (Å²) >= 11 is 0. The number of nitriles is 1. The van der Waals surface area contributed by atoms with Gasteiger partial charge in [-0.2, -0.15) is 5.26 Å². The van der Waals surface area contributed by atoms with Crippen molar-refractivity contribution >= 4 is 34.9 Å². The van der Waals surface area contributed by atoms with Crippen LogP contribution in [0.2, 0.25) is 0 Å². The van der Waals surface area contributed by atoms with Gasteiger partial charge in [-0.25, -0.2) is 4.98 Å². The summed E-state index contributed by atoms with van der Waals surface area (Å²) in [5.74, 6) is 1.53. The van der Waals surface area contributed by atoms with E-state index in [1.54, 1.807) is 7.11 Å². The van der Waals surface area contributed by atoms with E-state index in [1.807, 2.05) is 18.2 Å². The van der Waals surface area contributed by atoms with Crippen LogP contribution in [-0.2, 0) is 9.47 Å². The molecule has 6 nitrogen and oxygen atoms in total. The van der Waals surface area contributed by atoms with Crippen LogP contribution in [0, 0.1) is 18.3 Å². The van der Waals surface area contributed by atoms with Crippen molar-refractivity contribution in [3.63, 3.8) is 0 Å². The minimum atomic E-state index is 0. The molecule has 0 spiro atoms. The smallest absolute Gasteiger partial charge is 0.157 e. The Hall–Kier alpha value is -2.33. The van der Waals surface area contributed by atoms with Gasteiger partial charge < -0.3 is 14.4 Å². The molecule has 2 saturated heterocycles. The van der Waals surface area contributed by atoms with Crippen LogP contribution >= 0.6 is 12.4 Å². The fraction of sp³-hybridized carbons (Fsp3) is 0.500. The number of nitrogens with zero attached hydrogens (tertiary/aromatic N) is 4. The molecule has 5 rings (SSSR count). The molecule has 2 aliphatic heterocycles. The summed E-state index contributed by atoms with van der Waals surface area (Å²) in [5.41, 5.74) is 5.90. The second kappa shape index (κ2) is 9.04. The molecule has 0 amide bonds. The lowest BCUT2D eigenvalue weighted by molar-refractivity contribution is 0.0816. The minimum absolute atomic E-state index is 0. The summed E-state index contributed by atoms with van der Waals surface area (Å²) in [7, 11) is 1.80. The SMILES string of the molecule is COC1CCN(c2c(C)c(C3CCOCC3)c(C#N)c3nc4ccccc4n23)CC1.Cl. The van der Waals surface area contributed by atoms with Gasteiger partial charge in [0, 0.05) is 33.4 Å². The lowest BCUT2D eigenvalue weighted by Gasteiger charge is -2.36. The molecule has 0 aliphatic carbocycles. The number of hydrogen-bond donors (Lipinski definition) is 0. The van der Waals surface area contributed by atoms with Crippen molar-refractivity contribution in [2.24, 2.45) is 0 Å². The first-order valence-corrected chi connectivity index (χ1v) is 10.9. The Balaban J connectivity index is 0.00000231. The normalized spacial score (nSPS) is 18.3. The Morgan fingerprint density at radius 1 is 1.13 bits per heavy atom. The van der Waals surface area contributed by atoms with E-state index in [1.165, 1.54) is 16.9 Å². The molecule has 31 heavy (non-hydrogen) atoms. The lowest BCUT2D eigenvalue weighted by atomic mass is 9.85. The van der Waals surface area contributed by atoms with E-state index < -0.39 is 0 Å². The van der Waals surface area contributed by atoms with Gasteiger partial charge in [-0.05, 0) is 61.8 Å². The molecule has 0 unspecified atom stereocenters. The van der Waals surface area contributed by atoms with Crippen molar-refractivity contribution in [3.8, 4) is 6.07 Å². The van der Waals surface area contributed by atoms with Crippen molar-refractivity contribution in [2.45, 2.75) is 44.6 Å². The fourth-order valence-corrected chi connectivity index (χ4v) is 5.29. The Kier molecular flexibility index (Phi) is 6.38. The molecule has 7 heteroatoms. The number of fused-ring (bicyclic) bond motifs is 3. The Labute approximate surface area is 189 Å². The minimum Gasteiger partial charge on any atom is -0.381 e. The van der Waals surface area contributed by atoms with Crippen LogP contribution in [-0.4, -0.2) is 48.9 Å². The summed E-state index contributed by atoms with van der Waals surface area (Å²) in [6.07, 6.45) is 4.26. The van der Waals surface area contributed by atoms with E-state index in [-0.39, 0.29) is 12.4 Å². The predicted octanol–water partition coefficient (Wildman–Crippen LogP) is 4.60. The van der Waals surface area contributed by atoms with E-state index >= 15 is 0 Å². The van der Waals surface area contributed by atoms with E-state index in [0.717, 1.165) is 74.2 Å². The highest BCUT2D eigenvalue weighted by atomic mass is 35.5. The second-order valence-electron chi connectivity index (χ2n) is 8.42. The van der Waals surface area contributed by atoms with Gasteiger partial charge >= 0.3 is 0 Å². The van der Waals surface area contributed by atoms with Crippen molar-refractivity contribution < 1.29 is 9.47 Å². The molecule has 0 saturated carbocycles. The lowest BCUT2D eigenvalue weighted by Crippen LogP contribution is -2.38. The number of hydrogen-bond acceptors (Lipinski definition) is 5. The topological polar surface area (TPSA) is 62.8 Å². The predicted molar refractivity (Wildman–Crippen MR) is 124 cm³/mol. The van der Waals surface area contributed by atoms with Gasteiger partial charge in [-0.1, -0.05) is 12.1 Å². The number of pyridine rings is 1. The number of aromatic nitrogens is 2. The fourth-order valence-electron chi connectivity index (χ4n) is 5.29. The first-order valence-electron chi connectivity index (χ1n) is 10.9. The molecule has 4 heterocycles. The van der Waals surface area contributed by atoms with E-state index in [9.17, 15) is 5.26 Å². The van der Waals surface area contributed by atoms with Crippen LogP contribution < -0.4 is 4.90 Å². The van der Waals surface area contributed by atoms with Crippen molar-refractivity contribution in [2.75, 3.05) is 38.3 Å². The second-order valence-corrected chi connectivity index (χ2v) is 8.42. The maximum Gasteiger partial charge on any atom is 0.157 e. The van der Waals surface area contributed by atoms with Gasteiger partial charge in [0.05, 0.1) is 22.7 Å². The Bertz CT molecular complexity index is 1120. The van der Waals surface area contributed by atoms with Crippen LogP contribution in [0.5, 0.6) is 0 Å². The maximum atomic E-state index is 10.2. The zero-order valence-electron chi connectivity index (χ0n) is 18.1. The average Bonchev–Trinajstić information content (AvgIpc) is 3.18. The van der Waals surface area contributed by atoms with Crippen molar-refractivity contribution in [1.82, 2.24) is 9.38 Å². The van der Waals surface area contributed by atoms with E-state index in [4.69, 9.17) is 14.5 Å². The highest BCUT2D eigenvalue weighted by Gasteiger charge is 2.30. The number of ether oxygens (including phenoxy) is 2. The van der Waals surface area contributed by atoms with Gasteiger partial charge in [0.15, 0.2) is 5.65 Å². The van der Waals surface area contributed by atoms with Crippen molar-refractivity contribution in [3.05, 3.63) is 41.0 Å². The number of imidazole rings is 1. The molecular weight excluding hydrogens is 412 g/mol. The first-order chi connectivity index (χ1) is 14.7.